The number of hydrogen-bond donors (Lipinski definition) is 2. The van der Waals surface area contributed by atoms with Crippen molar-refractivity contribution in [1.82, 2.24) is 10.3 Å². The fourth-order valence-corrected chi connectivity index (χ4v) is 3.83. The zero-order chi connectivity index (χ0) is 27.3. The third-order valence-electron chi connectivity index (χ3n) is 6.00. The lowest BCUT2D eigenvalue weighted by Crippen LogP contribution is -2.47. The topological polar surface area (TPSA) is 89.5 Å². The number of nitrogens with one attached hydrogen (secondary N) is 2. The van der Waals surface area contributed by atoms with Crippen LogP contribution >= 0.6 is 0 Å². The van der Waals surface area contributed by atoms with Crippen LogP contribution < -0.4 is 15.4 Å². The van der Waals surface area contributed by atoms with Crippen molar-refractivity contribution in [1.29, 1.82) is 0 Å². The molecule has 200 valence electrons. The summed E-state index contributed by atoms with van der Waals surface area (Å²) in [4.78, 5) is 30.5. The molecule has 0 saturated heterocycles. The Morgan fingerprint density at radius 2 is 1.51 bits per heavy atom. The highest BCUT2D eigenvalue weighted by molar-refractivity contribution is 6.00. The van der Waals surface area contributed by atoms with E-state index in [1.165, 1.54) is 0 Å². The largest absolute Gasteiger partial charge is 0.457 e. The molecule has 2 amide bonds. The summed E-state index contributed by atoms with van der Waals surface area (Å²) >= 11 is 0. The van der Waals surface area contributed by atoms with Crippen LogP contribution in [-0.2, 0) is 22.6 Å². The van der Waals surface area contributed by atoms with Gasteiger partial charge in [0.15, 0.2) is 0 Å². The number of aromatic nitrogens is 1. The number of rotatable bonds is 13. The predicted molar refractivity (Wildman–Crippen MR) is 152 cm³/mol. The molecule has 1 heterocycles. The summed E-state index contributed by atoms with van der Waals surface area (Å²) in [5, 5.41) is 5.64. The highest BCUT2D eigenvalue weighted by Gasteiger charge is 2.23. The average Bonchev–Trinajstić information content (AvgIpc) is 2.98. The van der Waals surface area contributed by atoms with Gasteiger partial charge in [-0.15, -0.1) is 0 Å². The zero-order valence-electron chi connectivity index (χ0n) is 22.0. The normalized spacial score (nSPS) is 11.4. The van der Waals surface area contributed by atoms with Crippen LogP contribution in [0.25, 0.3) is 0 Å². The monoisotopic (exact) mass is 523 g/mol. The Balaban J connectivity index is 1.40. The number of anilines is 1. The first kappa shape index (κ1) is 27.5. The van der Waals surface area contributed by atoms with Gasteiger partial charge < -0.3 is 20.1 Å². The number of unbranched alkanes of at least 4 members (excludes halogenated alkanes) is 1. The first-order valence-electron chi connectivity index (χ1n) is 13.1. The molecule has 1 aromatic heterocycles. The standard InChI is InChI=1S/C32H33N3O4/c1-2-3-10-24-15-20-29(33-21-24)31(36)35-30(23-38-22-25-11-6-4-7-12-25)32(37)34-26-16-18-28(19-17-26)39-27-13-8-5-9-14-27/h4-9,11-21,30H,2-3,10,22-23H2,1H3,(H,34,37)(H,35,36). The zero-order valence-corrected chi connectivity index (χ0v) is 22.0. The maximum Gasteiger partial charge on any atom is 0.270 e. The van der Waals surface area contributed by atoms with Crippen molar-refractivity contribution in [3.05, 3.63) is 120 Å². The summed E-state index contributed by atoms with van der Waals surface area (Å²) in [6, 6.07) is 28.8. The van der Waals surface area contributed by atoms with Crippen LogP contribution in [0.1, 0.15) is 41.4 Å². The highest BCUT2D eigenvalue weighted by Crippen LogP contribution is 2.22. The molecule has 7 nitrogen and oxygen atoms in total. The van der Waals surface area contributed by atoms with Crippen molar-refractivity contribution in [3.63, 3.8) is 0 Å². The van der Waals surface area contributed by atoms with E-state index in [9.17, 15) is 9.59 Å². The molecule has 0 aliphatic heterocycles. The first-order chi connectivity index (χ1) is 19.1. The minimum absolute atomic E-state index is 0.00372. The van der Waals surface area contributed by atoms with Gasteiger partial charge >= 0.3 is 0 Å². The molecule has 39 heavy (non-hydrogen) atoms. The molecular formula is C32H33N3O4. The molecule has 0 aliphatic rings. The van der Waals surface area contributed by atoms with Gasteiger partial charge in [-0.05, 0) is 66.4 Å². The van der Waals surface area contributed by atoms with Crippen LogP contribution in [0.15, 0.2) is 103 Å². The van der Waals surface area contributed by atoms with Crippen LogP contribution in [-0.4, -0.2) is 29.4 Å². The third kappa shape index (κ3) is 8.79. The van der Waals surface area contributed by atoms with Gasteiger partial charge in [0.1, 0.15) is 23.2 Å². The van der Waals surface area contributed by atoms with E-state index in [-0.39, 0.29) is 12.3 Å². The van der Waals surface area contributed by atoms with Crippen molar-refractivity contribution in [2.75, 3.05) is 11.9 Å². The molecule has 0 spiro atoms. The number of aryl methyl sites for hydroxylation is 1. The summed E-state index contributed by atoms with van der Waals surface area (Å²) in [7, 11) is 0. The third-order valence-corrected chi connectivity index (χ3v) is 6.00. The van der Waals surface area contributed by atoms with Crippen molar-refractivity contribution in [3.8, 4) is 11.5 Å². The second-order valence-corrected chi connectivity index (χ2v) is 9.11. The molecule has 0 aliphatic carbocycles. The molecule has 1 atom stereocenters. The number of pyridine rings is 1. The molecule has 1 unspecified atom stereocenters. The van der Waals surface area contributed by atoms with E-state index in [4.69, 9.17) is 9.47 Å². The van der Waals surface area contributed by atoms with E-state index >= 15 is 0 Å². The van der Waals surface area contributed by atoms with Gasteiger partial charge in [0.2, 0.25) is 5.91 Å². The van der Waals surface area contributed by atoms with Crippen LogP contribution in [0.2, 0.25) is 0 Å². The summed E-state index contributed by atoms with van der Waals surface area (Å²) in [5.41, 5.74) is 2.87. The second-order valence-electron chi connectivity index (χ2n) is 9.11. The van der Waals surface area contributed by atoms with Crippen LogP contribution in [0, 0.1) is 0 Å². The van der Waals surface area contributed by atoms with E-state index < -0.39 is 17.9 Å². The molecular weight excluding hydrogens is 490 g/mol. The number of carbonyl (C=O) groups excluding carboxylic acids is 2. The minimum Gasteiger partial charge on any atom is -0.457 e. The quantitative estimate of drug-likeness (QED) is 0.219. The van der Waals surface area contributed by atoms with Gasteiger partial charge in [-0.25, -0.2) is 0 Å². The van der Waals surface area contributed by atoms with Crippen molar-refractivity contribution < 1.29 is 19.1 Å². The van der Waals surface area contributed by atoms with E-state index in [0.717, 1.165) is 36.1 Å². The van der Waals surface area contributed by atoms with Gasteiger partial charge in [0, 0.05) is 11.9 Å². The highest BCUT2D eigenvalue weighted by atomic mass is 16.5. The maximum absolute atomic E-state index is 13.2. The fourth-order valence-electron chi connectivity index (χ4n) is 3.83. The lowest BCUT2D eigenvalue weighted by atomic mass is 10.1. The fraction of sp³-hybridized carbons (Fsp3) is 0.219. The van der Waals surface area contributed by atoms with Gasteiger partial charge in [0.25, 0.3) is 5.91 Å². The molecule has 0 fully saturated rings. The number of benzene rings is 3. The van der Waals surface area contributed by atoms with Gasteiger partial charge in [-0.2, -0.15) is 0 Å². The van der Waals surface area contributed by atoms with Crippen molar-refractivity contribution in [2.45, 2.75) is 38.8 Å². The Morgan fingerprint density at radius 1 is 0.821 bits per heavy atom. The van der Waals surface area contributed by atoms with E-state index in [1.54, 1.807) is 36.5 Å². The Morgan fingerprint density at radius 3 is 2.18 bits per heavy atom. The van der Waals surface area contributed by atoms with E-state index in [2.05, 4.69) is 22.5 Å². The SMILES string of the molecule is CCCCc1ccc(C(=O)NC(COCc2ccccc2)C(=O)Nc2ccc(Oc3ccccc3)cc2)nc1. The molecule has 7 heteroatoms. The summed E-state index contributed by atoms with van der Waals surface area (Å²) < 4.78 is 11.6. The van der Waals surface area contributed by atoms with Crippen LogP contribution in [0.3, 0.4) is 0 Å². The number of para-hydroxylation sites is 1. The van der Waals surface area contributed by atoms with Gasteiger partial charge in [0.05, 0.1) is 13.2 Å². The number of nitrogens with zero attached hydrogens (tertiary/aromatic N) is 1. The van der Waals surface area contributed by atoms with E-state index in [0.29, 0.717) is 18.0 Å². The Labute approximate surface area is 229 Å². The lowest BCUT2D eigenvalue weighted by molar-refractivity contribution is -0.119. The minimum atomic E-state index is -0.928. The Kier molecular flexibility index (Phi) is 10.2. The number of hydrogen-bond acceptors (Lipinski definition) is 5. The molecule has 0 bridgehead atoms. The Bertz CT molecular complexity index is 1310. The number of carbonyl (C=O) groups is 2. The van der Waals surface area contributed by atoms with E-state index in [1.807, 2.05) is 66.7 Å². The molecule has 4 rings (SSSR count). The molecule has 0 saturated carbocycles. The molecule has 2 N–H and O–H groups in total. The van der Waals surface area contributed by atoms with Gasteiger partial charge in [-0.1, -0.05) is 67.9 Å². The number of amides is 2. The smallest absolute Gasteiger partial charge is 0.270 e. The molecule has 0 radical (unpaired) electrons. The lowest BCUT2D eigenvalue weighted by Gasteiger charge is -2.19. The molecule has 4 aromatic rings. The maximum atomic E-state index is 13.2. The number of ether oxygens (including phenoxy) is 2. The predicted octanol–water partition coefficient (Wildman–Crippen LogP) is 6.17. The molecule has 3 aromatic carbocycles. The second kappa shape index (κ2) is 14.4. The summed E-state index contributed by atoms with van der Waals surface area (Å²) in [5.74, 6) is 0.531. The first-order valence-corrected chi connectivity index (χ1v) is 13.1. The van der Waals surface area contributed by atoms with Crippen LogP contribution in [0.5, 0.6) is 11.5 Å². The van der Waals surface area contributed by atoms with Crippen molar-refractivity contribution >= 4 is 17.5 Å². The van der Waals surface area contributed by atoms with Gasteiger partial charge in [-0.3, -0.25) is 14.6 Å². The van der Waals surface area contributed by atoms with Crippen molar-refractivity contribution in [2.24, 2.45) is 0 Å². The van der Waals surface area contributed by atoms with Crippen LogP contribution in [0.4, 0.5) is 5.69 Å². The summed E-state index contributed by atoms with van der Waals surface area (Å²) in [6.07, 6.45) is 4.78. The summed E-state index contributed by atoms with van der Waals surface area (Å²) in [6.45, 7) is 2.44. The Hall–Kier alpha value is -4.49. The average molecular weight is 524 g/mol.